The predicted octanol–water partition coefficient (Wildman–Crippen LogP) is 5.56. The molecule has 2 aromatic heterocycles. The second-order valence-electron chi connectivity index (χ2n) is 9.57. The van der Waals surface area contributed by atoms with Gasteiger partial charge in [-0.15, -0.1) is 0 Å². The monoisotopic (exact) mass is 598 g/mol. The lowest BCUT2D eigenvalue weighted by molar-refractivity contribution is -0.139. The summed E-state index contributed by atoms with van der Waals surface area (Å²) in [5.74, 6) is -0.856. The van der Waals surface area contributed by atoms with Gasteiger partial charge in [0.15, 0.2) is 4.80 Å². The highest BCUT2D eigenvalue weighted by atomic mass is 35.5. The summed E-state index contributed by atoms with van der Waals surface area (Å²) in [4.78, 5) is 43.8. The van der Waals surface area contributed by atoms with Crippen LogP contribution < -0.4 is 14.9 Å². The maximum absolute atomic E-state index is 14.0. The number of esters is 1. The molecule has 10 heteroatoms. The van der Waals surface area contributed by atoms with Gasteiger partial charge in [0, 0.05) is 11.6 Å². The summed E-state index contributed by atoms with van der Waals surface area (Å²) in [6.45, 7) is 3.67. The summed E-state index contributed by atoms with van der Waals surface area (Å²) in [6.07, 6.45) is 1.62. The predicted molar refractivity (Wildman–Crippen MR) is 160 cm³/mol. The summed E-state index contributed by atoms with van der Waals surface area (Å²) in [6, 6.07) is 20.9. The number of halogens is 1. The largest absolute Gasteiger partial charge is 0.478 e. The Kier molecular flexibility index (Phi) is 7.14. The number of allylic oxidation sites excluding steroid dienone is 1. The zero-order chi connectivity index (χ0) is 29.5. The van der Waals surface area contributed by atoms with E-state index < -0.39 is 18.0 Å². The molecule has 0 bridgehead atoms. The highest BCUT2D eigenvalue weighted by Crippen LogP contribution is 2.35. The van der Waals surface area contributed by atoms with Crippen LogP contribution >= 0.6 is 22.9 Å². The normalized spacial score (nSPS) is 15.0. The van der Waals surface area contributed by atoms with E-state index in [9.17, 15) is 19.5 Å². The molecule has 3 heterocycles. The minimum atomic E-state index is -1.15. The molecule has 0 saturated carbocycles. The van der Waals surface area contributed by atoms with Crippen LogP contribution in [0.4, 0.5) is 0 Å². The van der Waals surface area contributed by atoms with Crippen molar-refractivity contribution in [2.24, 2.45) is 4.99 Å². The first-order valence-corrected chi connectivity index (χ1v) is 14.3. The number of ether oxygens (including phenoxy) is 1. The van der Waals surface area contributed by atoms with Crippen molar-refractivity contribution in [2.45, 2.75) is 19.9 Å². The van der Waals surface area contributed by atoms with Gasteiger partial charge >= 0.3 is 11.9 Å². The van der Waals surface area contributed by atoms with Crippen molar-refractivity contribution in [3.63, 3.8) is 0 Å². The number of carboxylic acids is 1. The van der Waals surface area contributed by atoms with Crippen molar-refractivity contribution in [1.82, 2.24) is 4.57 Å². The van der Waals surface area contributed by atoms with Crippen molar-refractivity contribution in [3.05, 3.63) is 126 Å². The zero-order valence-electron chi connectivity index (χ0n) is 22.5. The van der Waals surface area contributed by atoms with Crippen molar-refractivity contribution >= 4 is 51.7 Å². The van der Waals surface area contributed by atoms with Gasteiger partial charge in [0.05, 0.1) is 39.0 Å². The number of carboxylic acid groups (broad SMARTS) is 1. The Morgan fingerprint density at radius 1 is 1.12 bits per heavy atom. The molecule has 8 nitrogen and oxygen atoms in total. The van der Waals surface area contributed by atoms with Crippen LogP contribution in [0, 0.1) is 0 Å². The van der Waals surface area contributed by atoms with E-state index in [1.54, 1.807) is 42.7 Å². The van der Waals surface area contributed by atoms with Gasteiger partial charge in [0.2, 0.25) is 0 Å². The van der Waals surface area contributed by atoms with Crippen LogP contribution in [0.5, 0.6) is 0 Å². The van der Waals surface area contributed by atoms with Crippen LogP contribution in [-0.2, 0) is 9.53 Å². The third-order valence-corrected chi connectivity index (χ3v) is 8.33. The lowest BCUT2D eigenvalue weighted by Crippen LogP contribution is -2.40. The Hall–Kier alpha value is -4.73. The van der Waals surface area contributed by atoms with Crippen molar-refractivity contribution in [1.29, 1.82) is 0 Å². The van der Waals surface area contributed by atoms with Crippen LogP contribution in [-0.4, -0.2) is 28.2 Å². The second kappa shape index (κ2) is 10.9. The summed E-state index contributed by atoms with van der Waals surface area (Å²) >= 11 is 7.20. The molecule has 3 aromatic carbocycles. The fourth-order valence-corrected chi connectivity index (χ4v) is 6.36. The first kappa shape index (κ1) is 27.4. The zero-order valence-corrected chi connectivity index (χ0v) is 24.0. The average molecular weight is 599 g/mol. The molecule has 1 aliphatic rings. The molecule has 1 atom stereocenters. The lowest BCUT2D eigenvalue weighted by Gasteiger charge is -2.25. The van der Waals surface area contributed by atoms with Crippen molar-refractivity contribution in [2.75, 3.05) is 6.61 Å². The maximum atomic E-state index is 14.0. The summed E-state index contributed by atoms with van der Waals surface area (Å²) in [5, 5.41) is 11.4. The SMILES string of the molecule is CCOC(=O)C1=C(C)N=c2s/c(=C/c3ccc(-c4ccc(Cl)c(C(=O)O)c4)o3)c(=O)n2[C@H]1c1cccc2ccccc12. The Labute approximate surface area is 248 Å². The number of furan rings is 1. The van der Waals surface area contributed by atoms with Gasteiger partial charge in [0.25, 0.3) is 5.56 Å². The Balaban J connectivity index is 1.50. The van der Waals surface area contributed by atoms with E-state index in [1.165, 1.54) is 23.5 Å². The number of rotatable bonds is 6. The van der Waals surface area contributed by atoms with E-state index in [0.717, 1.165) is 16.3 Å². The Morgan fingerprint density at radius 3 is 2.69 bits per heavy atom. The lowest BCUT2D eigenvalue weighted by atomic mass is 9.91. The molecule has 1 aliphatic heterocycles. The number of hydrogen-bond donors (Lipinski definition) is 1. The molecule has 5 aromatic rings. The molecule has 0 radical (unpaired) electrons. The first-order chi connectivity index (χ1) is 20.3. The number of benzene rings is 3. The minimum absolute atomic E-state index is 0.0402. The Bertz CT molecular complexity index is 2120. The fraction of sp³-hybridized carbons (Fsp3) is 0.125. The van der Waals surface area contributed by atoms with Gasteiger partial charge in [-0.2, -0.15) is 0 Å². The average Bonchev–Trinajstić information content (AvgIpc) is 3.56. The van der Waals surface area contributed by atoms with E-state index >= 15 is 0 Å². The number of nitrogens with zero attached hydrogens (tertiary/aromatic N) is 2. The van der Waals surface area contributed by atoms with Crippen LogP contribution in [0.15, 0.2) is 98.3 Å². The van der Waals surface area contributed by atoms with Gasteiger partial charge in [-0.1, -0.05) is 65.4 Å². The molecule has 6 rings (SSSR count). The van der Waals surface area contributed by atoms with Gasteiger partial charge in [-0.25, -0.2) is 14.6 Å². The van der Waals surface area contributed by atoms with Gasteiger partial charge < -0.3 is 14.3 Å². The molecule has 0 unspecified atom stereocenters. The van der Waals surface area contributed by atoms with E-state index in [-0.39, 0.29) is 22.8 Å². The third kappa shape index (κ3) is 4.76. The molecule has 0 amide bonds. The summed E-state index contributed by atoms with van der Waals surface area (Å²) < 4.78 is 13.3. The summed E-state index contributed by atoms with van der Waals surface area (Å²) in [5.41, 5.74) is 1.74. The third-order valence-electron chi connectivity index (χ3n) is 7.02. The fourth-order valence-electron chi connectivity index (χ4n) is 5.13. The molecule has 210 valence electrons. The minimum Gasteiger partial charge on any atom is -0.478 e. The maximum Gasteiger partial charge on any atom is 0.338 e. The number of carbonyl (C=O) groups is 2. The van der Waals surface area contributed by atoms with E-state index in [2.05, 4.69) is 4.99 Å². The molecule has 0 fully saturated rings. The van der Waals surface area contributed by atoms with E-state index in [4.69, 9.17) is 20.8 Å². The molecule has 0 saturated heterocycles. The molecular formula is C32H23ClN2O6S. The molecular weight excluding hydrogens is 576 g/mol. The van der Waals surface area contributed by atoms with E-state index in [0.29, 0.717) is 37.7 Å². The van der Waals surface area contributed by atoms with Crippen LogP contribution in [0.3, 0.4) is 0 Å². The van der Waals surface area contributed by atoms with Gasteiger partial charge in [-0.3, -0.25) is 9.36 Å². The van der Waals surface area contributed by atoms with Gasteiger partial charge in [0.1, 0.15) is 11.5 Å². The smallest absolute Gasteiger partial charge is 0.338 e. The number of thiazole rings is 1. The standard InChI is InChI=1S/C32H23ClN2O6S/c1-3-40-31(39)27-17(2)34-32-35(28(27)22-10-6-8-18-7-4-5-9-21(18)22)29(36)26(42-32)16-20-12-14-25(41-20)19-11-13-24(33)23(15-19)30(37)38/h4-16,28H,3H2,1-2H3,(H,37,38)/b26-16+/t28-/m0/s1. The molecule has 0 aliphatic carbocycles. The second-order valence-corrected chi connectivity index (χ2v) is 11.0. The van der Waals surface area contributed by atoms with Crippen LogP contribution in [0.2, 0.25) is 5.02 Å². The first-order valence-electron chi connectivity index (χ1n) is 13.1. The number of fused-ring (bicyclic) bond motifs is 2. The summed E-state index contributed by atoms with van der Waals surface area (Å²) in [7, 11) is 0. The highest BCUT2D eigenvalue weighted by Gasteiger charge is 2.34. The van der Waals surface area contributed by atoms with Crippen LogP contribution in [0.1, 0.15) is 41.6 Å². The number of aromatic carboxylic acids is 1. The van der Waals surface area contributed by atoms with E-state index in [1.807, 2.05) is 42.5 Å². The molecule has 1 N–H and O–H groups in total. The highest BCUT2D eigenvalue weighted by molar-refractivity contribution is 7.07. The van der Waals surface area contributed by atoms with Crippen molar-refractivity contribution in [3.8, 4) is 11.3 Å². The Morgan fingerprint density at radius 2 is 1.90 bits per heavy atom. The van der Waals surface area contributed by atoms with Crippen molar-refractivity contribution < 1.29 is 23.8 Å². The number of aromatic nitrogens is 1. The van der Waals surface area contributed by atoms with Gasteiger partial charge in [-0.05, 0) is 60.5 Å². The molecule has 0 spiro atoms. The molecule has 42 heavy (non-hydrogen) atoms. The van der Waals surface area contributed by atoms with Crippen LogP contribution in [0.25, 0.3) is 28.2 Å². The topological polar surface area (TPSA) is 111 Å². The quantitative estimate of drug-likeness (QED) is 0.256. The number of hydrogen-bond acceptors (Lipinski definition) is 7. The number of carbonyl (C=O) groups excluding carboxylic acids is 1.